The molecular weight excluding hydrogens is 497 g/mol. The minimum absolute atomic E-state index is 0.0678. The molecule has 1 aromatic heterocycles. The number of morpholine rings is 1. The predicted molar refractivity (Wildman–Crippen MR) is 141 cm³/mol. The molecule has 2 fully saturated rings. The van der Waals surface area contributed by atoms with Gasteiger partial charge < -0.3 is 25.0 Å². The predicted octanol–water partition coefficient (Wildman–Crippen LogP) is 5.21. The summed E-state index contributed by atoms with van der Waals surface area (Å²) in [5.41, 5.74) is 2.72. The molecule has 0 bridgehead atoms. The summed E-state index contributed by atoms with van der Waals surface area (Å²) in [6.07, 6.45) is 4.86. The van der Waals surface area contributed by atoms with Gasteiger partial charge in [-0.05, 0) is 62.1 Å². The maximum Gasteiger partial charge on any atom is 0.259 e. The van der Waals surface area contributed by atoms with E-state index in [1.165, 1.54) is 24.4 Å². The van der Waals surface area contributed by atoms with Crippen LogP contribution in [-0.4, -0.2) is 54.9 Å². The summed E-state index contributed by atoms with van der Waals surface area (Å²) in [6.45, 7) is 3.94. The van der Waals surface area contributed by atoms with E-state index >= 15 is 0 Å². The molecule has 37 heavy (non-hydrogen) atoms. The van der Waals surface area contributed by atoms with Gasteiger partial charge >= 0.3 is 0 Å². The van der Waals surface area contributed by atoms with E-state index in [9.17, 15) is 9.18 Å². The van der Waals surface area contributed by atoms with E-state index in [4.69, 9.17) is 21.1 Å². The van der Waals surface area contributed by atoms with Crippen LogP contribution < -0.4 is 15.5 Å². The van der Waals surface area contributed by atoms with E-state index in [-0.39, 0.29) is 22.4 Å². The quantitative estimate of drug-likeness (QED) is 0.417. The van der Waals surface area contributed by atoms with Gasteiger partial charge in [0.15, 0.2) is 0 Å². The molecule has 1 atom stereocenters. The zero-order valence-corrected chi connectivity index (χ0v) is 21.1. The van der Waals surface area contributed by atoms with Crippen molar-refractivity contribution < 1.29 is 18.7 Å². The first kappa shape index (κ1) is 25.4. The molecule has 1 unspecified atom stereocenters. The molecule has 2 aliphatic heterocycles. The first-order valence-electron chi connectivity index (χ1n) is 12.5. The second kappa shape index (κ2) is 11.9. The van der Waals surface area contributed by atoms with E-state index in [0.29, 0.717) is 18.1 Å². The average Bonchev–Trinajstić information content (AvgIpc) is 3.44. The highest BCUT2D eigenvalue weighted by Gasteiger charge is 2.21. The van der Waals surface area contributed by atoms with Gasteiger partial charge in [0, 0.05) is 37.3 Å². The summed E-state index contributed by atoms with van der Waals surface area (Å²) in [7, 11) is 0. The Morgan fingerprint density at radius 1 is 1.14 bits per heavy atom. The zero-order chi connectivity index (χ0) is 25.6. The number of halogens is 2. The monoisotopic (exact) mass is 525 g/mol. The number of nitrogens with zero attached hydrogens (tertiary/aromatic N) is 3. The first-order valence-corrected chi connectivity index (χ1v) is 12.9. The highest BCUT2D eigenvalue weighted by molar-refractivity contribution is 6.34. The molecule has 10 heteroatoms. The number of aromatic nitrogens is 2. The molecule has 0 saturated carbocycles. The smallest absolute Gasteiger partial charge is 0.259 e. The maximum absolute atomic E-state index is 14.3. The summed E-state index contributed by atoms with van der Waals surface area (Å²) in [6, 6.07) is 12.3. The minimum Gasteiger partial charge on any atom is -0.378 e. The minimum atomic E-state index is -0.610. The lowest BCUT2D eigenvalue weighted by Gasteiger charge is -2.28. The Morgan fingerprint density at radius 3 is 2.68 bits per heavy atom. The van der Waals surface area contributed by atoms with Crippen LogP contribution >= 0.6 is 11.6 Å². The molecule has 8 nitrogen and oxygen atoms in total. The van der Waals surface area contributed by atoms with Crippen LogP contribution in [0.1, 0.15) is 35.3 Å². The summed E-state index contributed by atoms with van der Waals surface area (Å²) >= 11 is 6.10. The number of aryl methyl sites for hydroxylation is 1. The molecule has 0 spiro atoms. The standard InChI is InChI=1S/C27H29ClFN5O3/c28-22-4-1-5-23(29)25(22)33-26(35)21-17-30-27(32-24(21)11-10-20-3-2-14-37-20)31-18-6-8-19(9-7-18)34-12-15-36-16-13-34/h1,4-9,17,20H,2-3,10-16H2,(H,33,35)(H,30,31,32). The van der Waals surface area contributed by atoms with Crippen molar-refractivity contribution in [3.63, 3.8) is 0 Å². The molecule has 3 heterocycles. The van der Waals surface area contributed by atoms with Crippen molar-refractivity contribution in [3.8, 4) is 0 Å². The Hall–Kier alpha value is -3.27. The van der Waals surface area contributed by atoms with Crippen LogP contribution in [0, 0.1) is 5.82 Å². The topological polar surface area (TPSA) is 88.6 Å². The van der Waals surface area contributed by atoms with E-state index < -0.39 is 11.7 Å². The average molecular weight is 526 g/mol. The number of carbonyl (C=O) groups is 1. The van der Waals surface area contributed by atoms with E-state index in [1.807, 2.05) is 24.3 Å². The van der Waals surface area contributed by atoms with E-state index in [0.717, 1.165) is 63.5 Å². The highest BCUT2D eigenvalue weighted by Crippen LogP contribution is 2.27. The van der Waals surface area contributed by atoms with Crippen molar-refractivity contribution in [2.75, 3.05) is 48.4 Å². The highest BCUT2D eigenvalue weighted by atomic mass is 35.5. The summed E-state index contributed by atoms with van der Waals surface area (Å²) in [4.78, 5) is 24.4. The van der Waals surface area contributed by atoms with Crippen LogP contribution in [0.25, 0.3) is 0 Å². The lowest BCUT2D eigenvalue weighted by Crippen LogP contribution is -2.36. The number of amides is 1. The van der Waals surface area contributed by atoms with E-state index in [1.54, 1.807) is 0 Å². The van der Waals surface area contributed by atoms with Crippen LogP contribution in [0.3, 0.4) is 0 Å². The number of hydrogen-bond acceptors (Lipinski definition) is 7. The Morgan fingerprint density at radius 2 is 1.95 bits per heavy atom. The fourth-order valence-corrected chi connectivity index (χ4v) is 4.74. The second-order valence-electron chi connectivity index (χ2n) is 9.05. The third-order valence-corrected chi connectivity index (χ3v) is 6.86. The number of hydrogen-bond donors (Lipinski definition) is 2. The Balaban J connectivity index is 1.34. The molecule has 2 N–H and O–H groups in total. The third-order valence-electron chi connectivity index (χ3n) is 6.54. The Labute approximate surface area is 220 Å². The fraction of sp³-hybridized carbons (Fsp3) is 0.370. The van der Waals surface area contributed by atoms with Crippen molar-refractivity contribution in [1.82, 2.24) is 9.97 Å². The molecule has 2 aromatic carbocycles. The van der Waals surface area contributed by atoms with Gasteiger partial charge in [-0.3, -0.25) is 4.79 Å². The van der Waals surface area contributed by atoms with Gasteiger partial charge in [-0.1, -0.05) is 17.7 Å². The normalized spacial score (nSPS) is 17.6. The molecule has 5 rings (SSSR count). The van der Waals surface area contributed by atoms with Crippen LogP contribution in [0.2, 0.25) is 5.02 Å². The summed E-state index contributed by atoms with van der Waals surface area (Å²) < 4.78 is 25.4. The molecular formula is C27H29ClFN5O3. The SMILES string of the molecule is O=C(Nc1c(F)cccc1Cl)c1cnc(Nc2ccc(N3CCOCC3)cc2)nc1CCC1CCCO1. The lowest BCUT2D eigenvalue weighted by atomic mass is 10.1. The van der Waals surface area contributed by atoms with Crippen molar-refractivity contribution in [2.45, 2.75) is 31.8 Å². The maximum atomic E-state index is 14.3. The van der Waals surface area contributed by atoms with Crippen molar-refractivity contribution in [2.24, 2.45) is 0 Å². The Bertz CT molecular complexity index is 1210. The lowest BCUT2D eigenvalue weighted by molar-refractivity contribution is 0.101. The largest absolute Gasteiger partial charge is 0.378 e. The van der Waals surface area contributed by atoms with Crippen molar-refractivity contribution in [1.29, 1.82) is 0 Å². The van der Waals surface area contributed by atoms with Gasteiger partial charge in [0.25, 0.3) is 5.91 Å². The first-order chi connectivity index (χ1) is 18.1. The number of anilines is 4. The third kappa shape index (κ3) is 6.36. The van der Waals surface area contributed by atoms with Gasteiger partial charge in [-0.15, -0.1) is 0 Å². The fourth-order valence-electron chi connectivity index (χ4n) is 4.53. The zero-order valence-electron chi connectivity index (χ0n) is 20.4. The van der Waals surface area contributed by atoms with Gasteiger partial charge in [0.1, 0.15) is 5.82 Å². The number of para-hydroxylation sites is 1. The molecule has 2 aliphatic rings. The number of benzene rings is 2. The second-order valence-corrected chi connectivity index (χ2v) is 9.46. The van der Waals surface area contributed by atoms with E-state index in [2.05, 4.69) is 25.5 Å². The van der Waals surface area contributed by atoms with Crippen molar-refractivity contribution in [3.05, 3.63) is 70.8 Å². The van der Waals surface area contributed by atoms with Gasteiger partial charge in [0.05, 0.1) is 41.3 Å². The van der Waals surface area contributed by atoms with Crippen molar-refractivity contribution >= 4 is 40.5 Å². The number of carbonyl (C=O) groups excluding carboxylic acids is 1. The van der Waals surface area contributed by atoms with Crippen LogP contribution in [-0.2, 0) is 15.9 Å². The number of rotatable bonds is 8. The van der Waals surface area contributed by atoms with Gasteiger partial charge in [0.2, 0.25) is 5.95 Å². The van der Waals surface area contributed by atoms with Crippen LogP contribution in [0.15, 0.2) is 48.7 Å². The number of ether oxygens (including phenoxy) is 2. The molecule has 194 valence electrons. The van der Waals surface area contributed by atoms with Crippen LogP contribution in [0.4, 0.5) is 27.4 Å². The van der Waals surface area contributed by atoms with Gasteiger partial charge in [-0.2, -0.15) is 0 Å². The molecule has 0 aliphatic carbocycles. The molecule has 0 radical (unpaired) electrons. The van der Waals surface area contributed by atoms with Gasteiger partial charge in [-0.25, -0.2) is 14.4 Å². The summed E-state index contributed by atoms with van der Waals surface area (Å²) in [5, 5.41) is 5.92. The molecule has 1 amide bonds. The summed E-state index contributed by atoms with van der Waals surface area (Å²) in [5.74, 6) is -0.751. The Kier molecular flexibility index (Phi) is 8.13. The number of nitrogens with one attached hydrogen (secondary N) is 2. The molecule has 3 aromatic rings. The molecule has 2 saturated heterocycles. The van der Waals surface area contributed by atoms with Crippen LogP contribution in [0.5, 0.6) is 0 Å².